The van der Waals surface area contributed by atoms with Crippen molar-refractivity contribution in [2.75, 3.05) is 72.0 Å². The van der Waals surface area contributed by atoms with Crippen LogP contribution in [-0.2, 0) is 0 Å². The van der Waals surface area contributed by atoms with Gasteiger partial charge in [-0.1, -0.05) is 27.7 Å². The highest BCUT2D eigenvalue weighted by atomic mass is 15.3. The molecule has 2 fully saturated rings. The topological polar surface area (TPSA) is 59.8 Å². The molecule has 3 atom stereocenters. The van der Waals surface area contributed by atoms with Crippen LogP contribution in [-0.4, -0.2) is 103 Å². The first-order valence-electron chi connectivity index (χ1n) is 13.9. The summed E-state index contributed by atoms with van der Waals surface area (Å²) in [7, 11) is 0. The van der Waals surface area contributed by atoms with E-state index in [2.05, 4.69) is 80.7 Å². The predicted molar refractivity (Wildman–Crippen MR) is 144 cm³/mol. The fourth-order valence-corrected chi connectivity index (χ4v) is 5.96. The molecule has 0 amide bonds. The molecule has 2 rings (SSSR count). The van der Waals surface area contributed by atoms with Crippen LogP contribution in [0.2, 0.25) is 0 Å². The molecule has 0 bridgehead atoms. The maximum absolute atomic E-state index is 6.12. The Kier molecular flexibility index (Phi) is 10.7. The Morgan fingerprint density at radius 2 is 1.36 bits per heavy atom. The zero-order chi connectivity index (χ0) is 24.8. The molecule has 2 aliphatic rings. The van der Waals surface area contributed by atoms with E-state index in [1.807, 2.05) is 0 Å². The number of nitrogens with two attached hydrogens (primary N) is 1. The SMILES string of the molecule is CCC(C)(CN)N1CCN(C(C)(C)CCNC(C)(CC)C(C)(CC)CN2CCNCC2)CC1. The average Bonchev–Trinajstić information content (AvgIpc) is 2.83. The molecule has 6 heteroatoms. The molecule has 0 aliphatic carbocycles. The summed E-state index contributed by atoms with van der Waals surface area (Å²) in [5.74, 6) is 0. The first kappa shape index (κ1) is 29.0. The third-order valence-electron chi connectivity index (χ3n) is 9.95. The van der Waals surface area contributed by atoms with Gasteiger partial charge >= 0.3 is 0 Å². The molecule has 0 aromatic carbocycles. The standard InChI is InChI=1S/C27H58N6/c1-9-25(6,23-31-16-14-29-15-17-31)27(8,11-3)30-13-12-24(4,5)32-18-20-33(21-19-32)26(7,10-2)22-28/h29-30H,9-23,28H2,1-8H3. The highest BCUT2D eigenvalue weighted by molar-refractivity contribution is 5.01. The molecule has 2 saturated heterocycles. The molecule has 0 aromatic heterocycles. The van der Waals surface area contributed by atoms with E-state index in [9.17, 15) is 0 Å². The molecule has 0 radical (unpaired) electrons. The molecule has 0 aromatic rings. The Labute approximate surface area is 206 Å². The number of nitrogens with one attached hydrogen (secondary N) is 2. The Morgan fingerprint density at radius 3 is 1.85 bits per heavy atom. The van der Waals surface area contributed by atoms with Crippen molar-refractivity contribution in [3.05, 3.63) is 0 Å². The summed E-state index contributed by atoms with van der Waals surface area (Å²) in [4.78, 5) is 8.00. The minimum Gasteiger partial charge on any atom is -0.329 e. The zero-order valence-corrected chi connectivity index (χ0v) is 23.5. The van der Waals surface area contributed by atoms with Crippen molar-refractivity contribution in [3.63, 3.8) is 0 Å². The summed E-state index contributed by atoms with van der Waals surface area (Å²) in [5, 5.41) is 7.58. The van der Waals surface area contributed by atoms with E-state index in [0.29, 0.717) is 0 Å². The Balaban J connectivity index is 1.92. The van der Waals surface area contributed by atoms with E-state index < -0.39 is 0 Å². The lowest BCUT2D eigenvalue weighted by molar-refractivity contribution is -0.00160. The highest BCUT2D eigenvalue weighted by Crippen LogP contribution is 2.38. The van der Waals surface area contributed by atoms with Crippen molar-refractivity contribution in [1.29, 1.82) is 0 Å². The van der Waals surface area contributed by atoms with Crippen molar-refractivity contribution in [2.45, 2.75) is 97.7 Å². The minimum absolute atomic E-state index is 0.144. The van der Waals surface area contributed by atoms with Gasteiger partial charge in [-0.2, -0.15) is 0 Å². The zero-order valence-electron chi connectivity index (χ0n) is 23.5. The van der Waals surface area contributed by atoms with E-state index in [4.69, 9.17) is 5.73 Å². The summed E-state index contributed by atoms with van der Waals surface area (Å²) >= 11 is 0. The summed E-state index contributed by atoms with van der Waals surface area (Å²) in [5.41, 5.74) is 6.89. The smallest absolute Gasteiger partial charge is 0.0302 e. The van der Waals surface area contributed by atoms with Gasteiger partial charge in [0.15, 0.2) is 0 Å². The van der Waals surface area contributed by atoms with Crippen molar-refractivity contribution in [3.8, 4) is 0 Å². The Bertz CT molecular complexity index is 563. The van der Waals surface area contributed by atoms with Crippen LogP contribution in [0.4, 0.5) is 0 Å². The van der Waals surface area contributed by atoms with Gasteiger partial charge in [0.05, 0.1) is 0 Å². The normalized spacial score (nSPS) is 25.4. The van der Waals surface area contributed by atoms with Gasteiger partial charge in [0.25, 0.3) is 0 Å². The van der Waals surface area contributed by atoms with Crippen LogP contribution in [0.5, 0.6) is 0 Å². The van der Waals surface area contributed by atoms with Crippen LogP contribution in [0, 0.1) is 5.41 Å². The van der Waals surface area contributed by atoms with Gasteiger partial charge in [-0.05, 0) is 65.3 Å². The molecule has 0 saturated carbocycles. The number of hydrogen-bond acceptors (Lipinski definition) is 6. The molecule has 6 nitrogen and oxygen atoms in total. The van der Waals surface area contributed by atoms with Crippen LogP contribution in [0.1, 0.15) is 81.1 Å². The molecule has 3 unspecified atom stereocenters. The van der Waals surface area contributed by atoms with E-state index in [0.717, 1.165) is 65.2 Å². The quantitative estimate of drug-likeness (QED) is 0.388. The third-order valence-corrected chi connectivity index (χ3v) is 9.95. The lowest BCUT2D eigenvalue weighted by Crippen LogP contribution is -2.63. The number of hydrogen-bond donors (Lipinski definition) is 3. The molecule has 196 valence electrons. The molecule has 2 heterocycles. The van der Waals surface area contributed by atoms with Crippen LogP contribution < -0.4 is 16.4 Å². The summed E-state index contributed by atoms with van der Waals surface area (Å²) in [6.07, 6.45) is 4.67. The maximum atomic E-state index is 6.12. The van der Waals surface area contributed by atoms with Crippen LogP contribution in [0.3, 0.4) is 0 Å². The Morgan fingerprint density at radius 1 is 0.788 bits per heavy atom. The van der Waals surface area contributed by atoms with Crippen LogP contribution in [0.15, 0.2) is 0 Å². The van der Waals surface area contributed by atoms with E-state index in [1.54, 1.807) is 0 Å². The molecular weight excluding hydrogens is 408 g/mol. The van der Waals surface area contributed by atoms with Gasteiger partial charge in [0, 0.05) is 82.1 Å². The van der Waals surface area contributed by atoms with Crippen molar-refractivity contribution >= 4 is 0 Å². The molecule has 4 N–H and O–H groups in total. The van der Waals surface area contributed by atoms with E-state index in [1.165, 1.54) is 32.5 Å². The molecule has 2 aliphatic heterocycles. The van der Waals surface area contributed by atoms with Crippen molar-refractivity contribution in [1.82, 2.24) is 25.3 Å². The minimum atomic E-state index is 0.144. The molecule has 0 spiro atoms. The first-order chi connectivity index (χ1) is 15.5. The highest BCUT2D eigenvalue weighted by Gasteiger charge is 2.43. The van der Waals surface area contributed by atoms with Gasteiger partial charge in [0.1, 0.15) is 0 Å². The van der Waals surface area contributed by atoms with E-state index in [-0.39, 0.29) is 22.0 Å². The summed E-state index contributed by atoms with van der Waals surface area (Å²) in [6.45, 7) is 31.4. The number of rotatable bonds is 13. The fraction of sp³-hybridized carbons (Fsp3) is 1.00. The van der Waals surface area contributed by atoms with E-state index >= 15 is 0 Å². The van der Waals surface area contributed by atoms with Gasteiger partial charge in [-0.25, -0.2) is 0 Å². The lowest BCUT2D eigenvalue weighted by atomic mass is 9.67. The first-order valence-corrected chi connectivity index (χ1v) is 13.9. The Hall–Kier alpha value is -0.240. The second-order valence-corrected chi connectivity index (χ2v) is 12.1. The van der Waals surface area contributed by atoms with Gasteiger partial charge in [-0.3, -0.25) is 9.80 Å². The number of nitrogens with zero attached hydrogens (tertiary/aromatic N) is 3. The largest absolute Gasteiger partial charge is 0.329 e. The van der Waals surface area contributed by atoms with Crippen LogP contribution in [0.25, 0.3) is 0 Å². The van der Waals surface area contributed by atoms with Gasteiger partial charge < -0.3 is 21.3 Å². The lowest BCUT2D eigenvalue weighted by Gasteiger charge is -2.51. The van der Waals surface area contributed by atoms with Gasteiger partial charge in [-0.15, -0.1) is 0 Å². The average molecular weight is 467 g/mol. The van der Waals surface area contributed by atoms with Crippen molar-refractivity contribution < 1.29 is 0 Å². The van der Waals surface area contributed by atoms with Gasteiger partial charge in [0.2, 0.25) is 0 Å². The van der Waals surface area contributed by atoms with Crippen LogP contribution >= 0.6 is 0 Å². The second kappa shape index (κ2) is 12.1. The second-order valence-electron chi connectivity index (χ2n) is 12.1. The molecule has 33 heavy (non-hydrogen) atoms. The summed E-state index contributed by atoms with van der Waals surface area (Å²) in [6, 6.07) is 0. The summed E-state index contributed by atoms with van der Waals surface area (Å²) < 4.78 is 0. The fourth-order valence-electron chi connectivity index (χ4n) is 5.96. The monoisotopic (exact) mass is 466 g/mol. The third kappa shape index (κ3) is 6.92. The predicted octanol–water partition coefficient (Wildman–Crippen LogP) is 2.98. The molecular formula is C27H58N6. The maximum Gasteiger partial charge on any atom is 0.0302 e. The van der Waals surface area contributed by atoms with Crippen molar-refractivity contribution in [2.24, 2.45) is 11.1 Å². The number of piperazine rings is 2.